The average Bonchev–Trinajstić information content (AvgIpc) is 2.35. The third-order valence-electron chi connectivity index (χ3n) is 2.60. The van der Waals surface area contributed by atoms with Crippen LogP contribution in [-0.2, 0) is 0 Å². The molecule has 90 valence electrons. The summed E-state index contributed by atoms with van der Waals surface area (Å²) in [6.45, 7) is 4.37. The summed E-state index contributed by atoms with van der Waals surface area (Å²) in [6.07, 6.45) is 0. The molecule has 1 aromatic carbocycles. The number of carbonyl (C=O) groups is 1. The Morgan fingerprint density at radius 1 is 1.47 bits per heavy atom. The minimum absolute atomic E-state index is 0.0114. The molecular formula is C14H17NO2. The van der Waals surface area contributed by atoms with E-state index in [0.717, 1.165) is 11.1 Å². The maximum absolute atomic E-state index is 11.9. The van der Waals surface area contributed by atoms with Crippen LogP contribution in [0.5, 0.6) is 0 Å². The predicted molar refractivity (Wildman–Crippen MR) is 67.8 cm³/mol. The molecule has 0 unspecified atom stereocenters. The molecule has 1 aromatic rings. The third-order valence-corrected chi connectivity index (χ3v) is 2.60. The summed E-state index contributed by atoms with van der Waals surface area (Å²) >= 11 is 0. The van der Waals surface area contributed by atoms with E-state index in [9.17, 15) is 4.79 Å². The molecule has 3 heteroatoms. The minimum Gasteiger partial charge on any atom is -0.384 e. The molecule has 0 heterocycles. The molecule has 0 aromatic heterocycles. The Morgan fingerprint density at radius 2 is 2.18 bits per heavy atom. The molecule has 1 N–H and O–H groups in total. The maximum Gasteiger partial charge on any atom is 0.253 e. The molecule has 0 spiro atoms. The molecular weight excluding hydrogens is 214 g/mol. The van der Waals surface area contributed by atoms with Crippen LogP contribution in [-0.4, -0.2) is 36.1 Å². The second-order valence-corrected chi connectivity index (χ2v) is 3.81. The van der Waals surface area contributed by atoms with Gasteiger partial charge in [0.2, 0.25) is 0 Å². The van der Waals surface area contributed by atoms with E-state index in [1.54, 1.807) is 18.0 Å². The number of carbonyl (C=O) groups excluding carboxylic acids is 1. The highest BCUT2D eigenvalue weighted by atomic mass is 16.2. The summed E-state index contributed by atoms with van der Waals surface area (Å²) < 4.78 is 0. The molecule has 0 atom stereocenters. The largest absolute Gasteiger partial charge is 0.384 e. The van der Waals surface area contributed by atoms with Gasteiger partial charge in [-0.3, -0.25) is 4.79 Å². The van der Waals surface area contributed by atoms with Crippen LogP contribution in [0, 0.1) is 18.8 Å². The van der Waals surface area contributed by atoms with Gasteiger partial charge in [0, 0.05) is 24.7 Å². The predicted octanol–water partition coefficient (Wildman–Crippen LogP) is 1.43. The molecule has 1 amide bonds. The number of aliphatic hydroxyl groups is 1. The lowest BCUT2D eigenvalue weighted by molar-refractivity contribution is 0.0802. The number of aliphatic hydroxyl groups excluding tert-OH is 1. The van der Waals surface area contributed by atoms with Gasteiger partial charge in [-0.05, 0) is 37.6 Å². The van der Waals surface area contributed by atoms with Crippen molar-refractivity contribution in [2.45, 2.75) is 13.8 Å². The van der Waals surface area contributed by atoms with Crippen molar-refractivity contribution in [1.29, 1.82) is 0 Å². The van der Waals surface area contributed by atoms with Gasteiger partial charge in [-0.25, -0.2) is 0 Å². The van der Waals surface area contributed by atoms with Crippen LogP contribution in [0.1, 0.15) is 28.4 Å². The Hall–Kier alpha value is -1.79. The quantitative estimate of drug-likeness (QED) is 0.782. The van der Waals surface area contributed by atoms with Gasteiger partial charge in [0.05, 0.1) is 0 Å². The smallest absolute Gasteiger partial charge is 0.253 e. The number of nitrogens with zero attached hydrogens (tertiary/aromatic N) is 1. The third kappa shape index (κ3) is 3.33. The van der Waals surface area contributed by atoms with Crippen molar-refractivity contribution >= 4 is 5.91 Å². The molecule has 17 heavy (non-hydrogen) atoms. The van der Waals surface area contributed by atoms with E-state index in [-0.39, 0.29) is 12.5 Å². The van der Waals surface area contributed by atoms with Crippen molar-refractivity contribution in [2.24, 2.45) is 0 Å². The summed E-state index contributed by atoms with van der Waals surface area (Å²) in [4.78, 5) is 13.6. The van der Waals surface area contributed by atoms with Crippen LogP contribution in [0.2, 0.25) is 0 Å². The van der Waals surface area contributed by atoms with E-state index in [1.165, 1.54) is 0 Å². The first-order valence-electron chi connectivity index (χ1n) is 5.56. The van der Waals surface area contributed by atoms with Gasteiger partial charge in [0.25, 0.3) is 5.91 Å². The van der Waals surface area contributed by atoms with Crippen LogP contribution in [0.3, 0.4) is 0 Å². The highest BCUT2D eigenvalue weighted by Crippen LogP contribution is 2.11. The van der Waals surface area contributed by atoms with Crippen LogP contribution in [0.25, 0.3) is 0 Å². The van der Waals surface area contributed by atoms with Crippen molar-refractivity contribution < 1.29 is 9.90 Å². The maximum atomic E-state index is 11.9. The van der Waals surface area contributed by atoms with E-state index in [4.69, 9.17) is 5.11 Å². The molecule has 0 saturated heterocycles. The highest BCUT2D eigenvalue weighted by molar-refractivity contribution is 5.94. The Balaban J connectivity index is 3.00. The fourth-order valence-corrected chi connectivity index (χ4v) is 1.44. The molecule has 0 saturated carbocycles. The molecule has 0 bridgehead atoms. The second-order valence-electron chi connectivity index (χ2n) is 3.81. The first-order chi connectivity index (χ1) is 8.10. The van der Waals surface area contributed by atoms with Crippen LogP contribution >= 0.6 is 0 Å². The summed E-state index contributed by atoms with van der Waals surface area (Å²) in [5.41, 5.74) is 2.46. The number of rotatable bonds is 2. The summed E-state index contributed by atoms with van der Waals surface area (Å²) in [6, 6.07) is 5.41. The summed E-state index contributed by atoms with van der Waals surface area (Å²) in [7, 11) is 1.77. The lowest BCUT2D eigenvalue weighted by atomic mass is 10.0. The molecule has 1 rings (SSSR count). The first-order valence-corrected chi connectivity index (χ1v) is 5.56. The highest BCUT2D eigenvalue weighted by Gasteiger charge is 2.10. The van der Waals surface area contributed by atoms with Crippen LogP contribution < -0.4 is 0 Å². The Bertz CT molecular complexity index is 469. The molecule has 0 aliphatic carbocycles. The van der Waals surface area contributed by atoms with Gasteiger partial charge in [0.1, 0.15) is 6.61 Å². The first kappa shape index (κ1) is 13.3. The zero-order valence-electron chi connectivity index (χ0n) is 10.4. The minimum atomic E-state index is -0.154. The Kier molecular flexibility index (Phi) is 4.74. The van der Waals surface area contributed by atoms with Crippen molar-refractivity contribution in [1.82, 2.24) is 4.90 Å². The standard InChI is InChI=1S/C14H17NO2/c1-4-15(3)14(17)13-8-7-12(6-5-9-16)11(2)10-13/h7-8,10,16H,4,9H2,1-3H3. The normalized spacial score (nSPS) is 9.41. The number of amides is 1. The van der Waals surface area contributed by atoms with Gasteiger partial charge in [0.15, 0.2) is 0 Å². The Labute approximate surface area is 102 Å². The van der Waals surface area contributed by atoms with E-state index in [2.05, 4.69) is 11.8 Å². The fourth-order valence-electron chi connectivity index (χ4n) is 1.44. The van der Waals surface area contributed by atoms with E-state index in [1.807, 2.05) is 26.0 Å². The van der Waals surface area contributed by atoms with E-state index < -0.39 is 0 Å². The van der Waals surface area contributed by atoms with Crippen LogP contribution in [0.15, 0.2) is 18.2 Å². The van der Waals surface area contributed by atoms with Crippen molar-refractivity contribution in [3.63, 3.8) is 0 Å². The number of benzene rings is 1. The lowest BCUT2D eigenvalue weighted by Gasteiger charge is -2.14. The topological polar surface area (TPSA) is 40.5 Å². The van der Waals surface area contributed by atoms with Gasteiger partial charge >= 0.3 is 0 Å². The molecule has 0 fully saturated rings. The zero-order chi connectivity index (χ0) is 12.8. The number of hydrogen-bond acceptors (Lipinski definition) is 2. The van der Waals surface area contributed by atoms with Gasteiger partial charge < -0.3 is 10.0 Å². The lowest BCUT2D eigenvalue weighted by Crippen LogP contribution is -2.26. The number of hydrogen-bond donors (Lipinski definition) is 1. The zero-order valence-corrected chi connectivity index (χ0v) is 10.4. The summed E-state index contributed by atoms with van der Waals surface area (Å²) in [5.74, 6) is 5.46. The van der Waals surface area contributed by atoms with Crippen molar-refractivity contribution in [3.8, 4) is 11.8 Å². The van der Waals surface area contributed by atoms with Crippen molar-refractivity contribution in [2.75, 3.05) is 20.2 Å². The van der Waals surface area contributed by atoms with E-state index >= 15 is 0 Å². The second kappa shape index (κ2) is 6.07. The fraction of sp³-hybridized carbons (Fsp3) is 0.357. The van der Waals surface area contributed by atoms with Gasteiger partial charge in [-0.2, -0.15) is 0 Å². The molecule has 3 nitrogen and oxygen atoms in total. The molecule has 0 aliphatic heterocycles. The van der Waals surface area contributed by atoms with Crippen LogP contribution in [0.4, 0.5) is 0 Å². The summed E-state index contributed by atoms with van der Waals surface area (Å²) in [5, 5.41) is 8.63. The Morgan fingerprint density at radius 3 is 2.71 bits per heavy atom. The SMILES string of the molecule is CCN(C)C(=O)c1ccc(C#CCO)c(C)c1. The van der Waals surface area contributed by atoms with E-state index in [0.29, 0.717) is 12.1 Å². The molecule has 0 radical (unpaired) electrons. The van der Waals surface area contributed by atoms with Gasteiger partial charge in [-0.1, -0.05) is 11.8 Å². The van der Waals surface area contributed by atoms with Gasteiger partial charge in [-0.15, -0.1) is 0 Å². The monoisotopic (exact) mass is 231 g/mol. The molecule has 0 aliphatic rings. The van der Waals surface area contributed by atoms with Crippen molar-refractivity contribution in [3.05, 3.63) is 34.9 Å². The average molecular weight is 231 g/mol. The number of aryl methyl sites for hydroxylation is 1.